The summed E-state index contributed by atoms with van der Waals surface area (Å²) < 4.78 is 41.9. The molecule has 0 aliphatic carbocycles. The SMILES string of the molecule is CC(c1ccc([N+](=O)[O-])cc1)c1ncn(-c2ccc(OC(F)(F)F)cc2)n1. The highest BCUT2D eigenvalue weighted by molar-refractivity contribution is 5.38. The van der Waals surface area contributed by atoms with Crippen molar-refractivity contribution in [1.29, 1.82) is 0 Å². The first kappa shape index (κ1) is 18.4. The van der Waals surface area contributed by atoms with E-state index in [4.69, 9.17) is 0 Å². The molecular weight excluding hydrogens is 365 g/mol. The lowest BCUT2D eigenvalue weighted by molar-refractivity contribution is -0.384. The second-order valence-electron chi connectivity index (χ2n) is 5.66. The summed E-state index contributed by atoms with van der Waals surface area (Å²) in [6, 6.07) is 11.3. The molecule has 140 valence electrons. The third kappa shape index (κ3) is 4.40. The number of aromatic nitrogens is 3. The number of nitro groups is 1. The van der Waals surface area contributed by atoms with Crippen molar-refractivity contribution in [1.82, 2.24) is 14.8 Å². The Labute approximate surface area is 151 Å². The highest BCUT2D eigenvalue weighted by atomic mass is 19.4. The van der Waals surface area contributed by atoms with Gasteiger partial charge in [-0.15, -0.1) is 13.2 Å². The zero-order valence-corrected chi connectivity index (χ0v) is 13.9. The van der Waals surface area contributed by atoms with E-state index in [2.05, 4.69) is 14.8 Å². The minimum Gasteiger partial charge on any atom is -0.406 e. The molecule has 27 heavy (non-hydrogen) atoms. The fourth-order valence-electron chi connectivity index (χ4n) is 2.43. The molecule has 1 aromatic heterocycles. The second-order valence-corrected chi connectivity index (χ2v) is 5.66. The number of rotatable bonds is 5. The van der Waals surface area contributed by atoms with Gasteiger partial charge in [-0.25, -0.2) is 9.67 Å². The van der Waals surface area contributed by atoms with Gasteiger partial charge < -0.3 is 4.74 Å². The van der Waals surface area contributed by atoms with E-state index < -0.39 is 11.3 Å². The Morgan fingerprint density at radius 1 is 1.11 bits per heavy atom. The van der Waals surface area contributed by atoms with Gasteiger partial charge in [0.2, 0.25) is 0 Å². The number of nitrogens with zero attached hydrogens (tertiary/aromatic N) is 4. The third-order valence-corrected chi connectivity index (χ3v) is 3.84. The number of alkyl halides is 3. The Hall–Kier alpha value is -3.43. The van der Waals surface area contributed by atoms with Crippen LogP contribution in [-0.4, -0.2) is 26.1 Å². The maximum Gasteiger partial charge on any atom is 0.573 e. The van der Waals surface area contributed by atoms with Crippen molar-refractivity contribution in [3.63, 3.8) is 0 Å². The number of nitro benzene ring substituents is 1. The number of non-ortho nitro benzene ring substituents is 1. The second kappa shape index (κ2) is 7.06. The topological polar surface area (TPSA) is 83.1 Å². The molecule has 1 heterocycles. The highest BCUT2D eigenvalue weighted by Gasteiger charge is 2.31. The fourth-order valence-corrected chi connectivity index (χ4v) is 2.43. The van der Waals surface area contributed by atoms with Crippen LogP contribution in [0, 0.1) is 10.1 Å². The average Bonchev–Trinajstić information content (AvgIpc) is 3.10. The third-order valence-electron chi connectivity index (χ3n) is 3.84. The maximum atomic E-state index is 12.2. The van der Waals surface area contributed by atoms with Crippen molar-refractivity contribution < 1.29 is 22.8 Å². The molecule has 0 aliphatic heterocycles. The number of hydrogen-bond donors (Lipinski definition) is 0. The van der Waals surface area contributed by atoms with Gasteiger partial charge in [0, 0.05) is 18.1 Å². The molecule has 0 radical (unpaired) electrons. The standard InChI is InChI=1S/C17H13F3N4O3/c1-11(12-2-4-14(5-3-12)24(25)26)16-21-10-23(22-16)13-6-8-15(9-7-13)27-17(18,19)20/h2-11H,1H3. The van der Waals surface area contributed by atoms with Crippen molar-refractivity contribution >= 4 is 5.69 Å². The van der Waals surface area contributed by atoms with Crippen LogP contribution in [0.2, 0.25) is 0 Å². The van der Waals surface area contributed by atoms with E-state index in [0.717, 1.165) is 5.56 Å². The van der Waals surface area contributed by atoms with Gasteiger partial charge in [-0.3, -0.25) is 10.1 Å². The average molecular weight is 378 g/mol. The molecule has 0 bridgehead atoms. The lowest BCUT2D eigenvalue weighted by Crippen LogP contribution is -2.17. The van der Waals surface area contributed by atoms with E-state index in [-0.39, 0.29) is 17.4 Å². The minimum absolute atomic E-state index is 0.00870. The molecule has 10 heteroatoms. The predicted octanol–water partition coefficient (Wildman–Crippen LogP) is 4.23. The van der Waals surface area contributed by atoms with Gasteiger partial charge in [-0.2, -0.15) is 5.10 Å². The summed E-state index contributed by atoms with van der Waals surface area (Å²) >= 11 is 0. The molecule has 0 spiro atoms. The summed E-state index contributed by atoms with van der Waals surface area (Å²) in [7, 11) is 0. The van der Waals surface area contributed by atoms with Gasteiger partial charge in [0.1, 0.15) is 12.1 Å². The lowest BCUT2D eigenvalue weighted by Gasteiger charge is -2.09. The Balaban J connectivity index is 1.76. The van der Waals surface area contributed by atoms with E-state index in [1.54, 1.807) is 12.1 Å². The van der Waals surface area contributed by atoms with E-state index in [1.807, 2.05) is 6.92 Å². The van der Waals surface area contributed by atoms with Crippen molar-refractivity contribution in [2.24, 2.45) is 0 Å². The number of benzene rings is 2. The number of hydrogen-bond acceptors (Lipinski definition) is 5. The summed E-state index contributed by atoms with van der Waals surface area (Å²) in [5.74, 6) is -0.0785. The van der Waals surface area contributed by atoms with E-state index in [9.17, 15) is 23.3 Å². The molecule has 3 aromatic rings. The van der Waals surface area contributed by atoms with Crippen LogP contribution in [0.4, 0.5) is 18.9 Å². The van der Waals surface area contributed by atoms with Crippen LogP contribution >= 0.6 is 0 Å². The zero-order valence-electron chi connectivity index (χ0n) is 13.9. The Kier molecular flexibility index (Phi) is 4.80. The molecule has 0 N–H and O–H groups in total. The minimum atomic E-state index is -4.75. The quantitative estimate of drug-likeness (QED) is 0.490. The Morgan fingerprint density at radius 2 is 1.74 bits per heavy atom. The fraction of sp³-hybridized carbons (Fsp3) is 0.176. The summed E-state index contributed by atoms with van der Waals surface area (Å²) in [4.78, 5) is 14.5. The lowest BCUT2D eigenvalue weighted by atomic mass is 10.0. The zero-order chi connectivity index (χ0) is 19.6. The molecule has 0 fully saturated rings. The van der Waals surface area contributed by atoms with Crippen LogP contribution in [0.5, 0.6) is 5.75 Å². The smallest absolute Gasteiger partial charge is 0.406 e. The Morgan fingerprint density at radius 3 is 2.30 bits per heavy atom. The Bertz CT molecular complexity index is 937. The van der Waals surface area contributed by atoms with Gasteiger partial charge in [0.05, 0.1) is 10.6 Å². The molecular formula is C17H13F3N4O3. The van der Waals surface area contributed by atoms with Crippen LogP contribution in [0.1, 0.15) is 24.2 Å². The maximum absolute atomic E-state index is 12.2. The van der Waals surface area contributed by atoms with Crippen molar-refractivity contribution in [3.8, 4) is 11.4 Å². The van der Waals surface area contributed by atoms with Gasteiger partial charge in [-0.05, 0) is 29.8 Å². The molecule has 7 nitrogen and oxygen atoms in total. The molecule has 2 aromatic carbocycles. The van der Waals surface area contributed by atoms with Gasteiger partial charge in [-0.1, -0.05) is 19.1 Å². The van der Waals surface area contributed by atoms with E-state index >= 15 is 0 Å². The van der Waals surface area contributed by atoms with Crippen molar-refractivity contribution in [2.45, 2.75) is 19.2 Å². The summed E-state index contributed by atoms with van der Waals surface area (Å²) in [5, 5.41) is 15.0. The largest absolute Gasteiger partial charge is 0.573 e. The van der Waals surface area contributed by atoms with Gasteiger partial charge in [0.15, 0.2) is 5.82 Å². The van der Waals surface area contributed by atoms with Crippen LogP contribution < -0.4 is 4.74 Å². The highest BCUT2D eigenvalue weighted by Crippen LogP contribution is 2.25. The van der Waals surface area contributed by atoms with Crippen LogP contribution in [0.25, 0.3) is 5.69 Å². The van der Waals surface area contributed by atoms with Crippen molar-refractivity contribution in [2.75, 3.05) is 0 Å². The summed E-state index contributed by atoms with van der Waals surface area (Å²) in [6.07, 6.45) is -3.31. The van der Waals surface area contributed by atoms with Crippen LogP contribution in [-0.2, 0) is 0 Å². The predicted molar refractivity (Wildman–Crippen MR) is 88.7 cm³/mol. The number of halogens is 3. The normalized spacial score (nSPS) is 12.6. The summed E-state index contributed by atoms with van der Waals surface area (Å²) in [5.41, 5.74) is 1.30. The van der Waals surface area contributed by atoms with E-state index in [0.29, 0.717) is 11.5 Å². The molecule has 0 saturated carbocycles. The first-order valence-electron chi connectivity index (χ1n) is 7.75. The van der Waals surface area contributed by atoms with Gasteiger partial charge >= 0.3 is 6.36 Å². The first-order chi connectivity index (χ1) is 12.7. The molecule has 0 aliphatic rings. The molecule has 0 saturated heterocycles. The monoisotopic (exact) mass is 378 g/mol. The first-order valence-corrected chi connectivity index (χ1v) is 7.75. The number of ether oxygens (including phenoxy) is 1. The van der Waals surface area contributed by atoms with Gasteiger partial charge in [0.25, 0.3) is 5.69 Å². The van der Waals surface area contributed by atoms with Crippen LogP contribution in [0.15, 0.2) is 54.9 Å². The van der Waals surface area contributed by atoms with Crippen molar-refractivity contribution in [3.05, 3.63) is 76.4 Å². The summed E-state index contributed by atoms with van der Waals surface area (Å²) in [6.45, 7) is 1.85. The molecule has 1 atom stereocenters. The molecule has 0 amide bonds. The van der Waals surface area contributed by atoms with E-state index in [1.165, 1.54) is 47.4 Å². The van der Waals surface area contributed by atoms with Crippen LogP contribution in [0.3, 0.4) is 0 Å². The molecule has 1 unspecified atom stereocenters. The molecule has 3 rings (SSSR count).